The molecular weight excluding hydrogens is 487 g/mol. The molecule has 8 nitrogen and oxygen atoms in total. The molecule has 0 saturated carbocycles. The number of carboxylic acid groups (broad SMARTS) is 1. The van der Waals surface area contributed by atoms with Crippen molar-refractivity contribution in [2.45, 2.75) is 38.5 Å². The Kier molecular flexibility index (Phi) is 6.09. The van der Waals surface area contributed by atoms with Crippen LogP contribution in [0.15, 0.2) is 42.5 Å². The Balaban J connectivity index is 1.63. The summed E-state index contributed by atoms with van der Waals surface area (Å²) in [6, 6.07) is 11.4. The number of hydrogen-bond donors (Lipinski definition) is 2. The van der Waals surface area contributed by atoms with Crippen molar-refractivity contribution in [3.05, 3.63) is 53.6 Å². The quantitative estimate of drug-likeness (QED) is 0.397. The first kappa shape index (κ1) is 24.7. The second-order valence-corrected chi connectivity index (χ2v) is 9.26. The first-order valence-electron chi connectivity index (χ1n) is 12.0. The van der Waals surface area contributed by atoms with Crippen molar-refractivity contribution in [3.63, 3.8) is 0 Å². The Bertz CT molecular complexity index is 1520. The van der Waals surface area contributed by atoms with Crippen LogP contribution < -0.4 is 5.32 Å². The van der Waals surface area contributed by atoms with Gasteiger partial charge >= 0.3 is 12.3 Å². The number of piperidine rings is 1. The summed E-state index contributed by atoms with van der Waals surface area (Å²) in [6.07, 6.45) is -4.82. The van der Waals surface area contributed by atoms with E-state index in [1.54, 1.807) is 7.05 Å². The number of halogens is 3. The van der Waals surface area contributed by atoms with E-state index in [9.17, 15) is 22.8 Å². The van der Waals surface area contributed by atoms with Gasteiger partial charge in [0.2, 0.25) is 0 Å². The molecule has 2 aromatic heterocycles. The van der Waals surface area contributed by atoms with Crippen molar-refractivity contribution < 1.29 is 27.9 Å². The van der Waals surface area contributed by atoms with E-state index in [1.165, 1.54) is 15.5 Å². The maximum Gasteiger partial charge on any atom is 0.418 e. The average molecular weight is 514 g/mol. The Morgan fingerprint density at radius 3 is 2.65 bits per heavy atom. The molecule has 2 amide bonds. The number of nitrogens with one attached hydrogen (secondary N) is 1. The van der Waals surface area contributed by atoms with Crippen molar-refractivity contribution in [1.82, 2.24) is 24.3 Å². The highest BCUT2D eigenvalue weighted by molar-refractivity contribution is 5.99. The zero-order valence-corrected chi connectivity index (χ0v) is 20.3. The number of benzene rings is 2. The molecule has 11 heteroatoms. The number of imidazole rings is 1. The standard InChI is InChI=1S/C26H26F3N5O3/c1-3-34-20-9-5-4-7-15(20)13-21(34)23-31-19-12-16(11-18(26(27,28)29)22(19)32(23)2)24(35)33-10-6-8-17(14-33)30-25(36)37/h4-5,7,9,11-13,17,30H,3,6,8,10,14H2,1-2H3,(H,36,37). The van der Waals surface area contributed by atoms with E-state index < -0.39 is 29.8 Å². The number of likely N-dealkylation sites (tertiary alicyclic amines) is 1. The number of aryl methyl sites for hydroxylation is 2. The molecule has 1 aliphatic rings. The van der Waals surface area contributed by atoms with Gasteiger partial charge in [0.05, 0.1) is 22.3 Å². The van der Waals surface area contributed by atoms with Crippen molar-refractivity contribution in [1.29, 1.82) is 0 Å². The summed E-state index contributed by atoms with van der Waals surface area (Å²) < 4.78 is 46.2. The van der Waals surface area contributed by atoms with Gasteiger partial charge in [-0.05, 0) is 44.0 Å². The van der Waals surface area contributed by atoms with E-state index in [2.05, 4.69) is 10.3 Å². The van der Waals surface area contributed by atoms with E-state index in [1.807, 2.05) is 41.8 Å². The van der Waals surface area contributed by atoms with Gasteiger partial charge in [-0.25, -0.2) is 9.78 Å². The van der Waals surface area contributed by atoms with Crippen molar-refractivity contribution in [2.75, 3.05) is 13.1 Å². The number of nitrogens with zero attached hydrogens (tertiary/aromatic N) is 4. The van der Waals surface area contributed by atoms with Crippen LogP contribution in [0.25, 0.3) is 33.5 Å². The van der Waals surface area contributed by atoms with Crippen LogP contribution in [0.2, 0.25) is 0 Å². The van der Waals surface area contributed by atoms with Gasteiger partial charge in [-0.2, -0.15) is 13.2 Å². The first-order chi connectivity index (χ1) is 17.6. The first-order valence-corrected chi connectivity index (χ1v) is 12.0. The second kappa shape index (κ2) is 9.13. The minimum Gasteiger partial charge on any atom is -0.465 e. The van der Waals surface area contributed by atoms with Gasteiger partial charge in [0.1, 0.15) is 0 Å². The van der Waals surface area contributed by atoms with E-state index in [0.29, 0.717) is 37.4 Å². The summed E-state index contributed by atoms with van der Waals surface area (Å²) in [5.74, 6) is -0.217. The molecule has 2 aromatic carbocycles. The van der Waals surface area contributed by atoms with Gasteiger partial charge < -0.3 is 24.5 Å². The van der Waals surface area contributed by atoms with E-state index in [4.69, 9.17) is 5.11 Å². The normalized spacial score (nSPS) is 16.5. The number of amides is 2. The van der Waals surface area contributed by atoms with Gasteiger partial charge in [-0.15, -0.1) is 0 Å². The Labute approximate surface area is 210 Å². The average Bonchev–Trinajstić information content (AvgIpc) is 3.39. The zero-order chi connectivity index (χ0) is 26.5. The zero-order valence-electron chi connectivity index (χ0n) is 20.3. The number of rotatable bonds is 4. The fourth-order valence-corrected chi connectivity index (χ4v) is 5.29. The predicted octanol–water partition coefficient (Wildman–Crippen LogP) is 5.11. The highest BCUT2D eigenvalue weighted by Gasteiger charge is 2.37. The summed E-state index contributed by atoms with van der Waals surface area (Å²) in [6.45, 7) is 2.98. The van der Waals surface area contributed by atoms with Crippen molar-refractivity contribution >= 4 is 33.9 Å². The topological polar surface area (TPSA) is 92.4 Å². The molecule has 0 spiro atoms. The number of carbonyl (C=O) groups is 2. The summed E-state index contributed by atoms with van der Waals surface area (Å²) >= 11 is 0. The molecule has 1 atom stereocenters. The Hall–Kier alpha value is -4.02. The van der Waals surface area contributed by atoms with Crippen molar-refractivity contribution in [3.8, 4) is 11.5 Å². The number of para-hydroxylation sites is 1. The summed E-state index contributed by atoms with van der Waals surface area (Å²) in [5, 5.41) is 12.3. The fourth-order valence-electron chi connectivity index (χ4n) is 5.29. The molecule has 0 aliphatic carbocycles. The summed E-state index contributed by atoms with van der Waals surface area (Å²) in [4.78, 5) is 30.3. The molecule has 5 rings (SSSR count). The molecule has 1 fully saturated rings. The minimum absolute atomic E-state index is 0.0702. The number of aromatic nitrogens is 3. The molecule has 0 radical (unpaired) electrons. The second-order valence-electron chi connectivity index (χ2n) is 9.26. The molecule has 1 aliphatic heterocycles. The van der Waals surface area contributed by atoms with Crippen LogP contribution in [0.5, 0.6) is 0 Å². The van der Waals surface area contributed by atoms with Crippen LogP contribution >= 0.6 is 0 Å². The lowest BCUT2D eigenvalue weighted by Gasteiger charge is -2.32. The van der Waals surface area contributed by atoms with Gasteiger partial charge in [-0.1, -0.05) is 18.2 Å². The van der Waals surface area contributed by atoms with E-state index in [0.717, 1.165) is 17.0 Å². The maximum atomic E-state index is 14.3. The number of hydrogen-bond acceptors (Lipinski definition) is 3. The van der Waals surface area contributed by atoms with Crippen LogP contribution in [0, 0.1) is 0 Å². The van der Waals surface area contributed by atoms with E-state index >= 15 is 0 Å². The van der Waals surface area contributed by atoms with Gasteiger partial charge in [0.25, 0.3) is 5.91 Å². The molecular formula is C26H26F3N5O3. The van der Waals surface area contributed by atoms with Gasteiger partial charge in [0, 0.05) is 49.2 Å². The predicted molar refractivity (Wildman–Crippen MR) is 132 cm³/mol. The number of fused-ring (bicyclic) bond motifs is 2. The van der Waals surface area contributed by atoms with Crippen molar-refractivity contribution in [2.24, 2.45) is 7.05 Å². The lowest BCUT2D eigenvalue weighted by atomic mass is 10.0. The Morgan fingerprint density at radius 1 is 1.19 bits per heavy atom. The molecule has 1 unspecified atom stereocenters. The van der Waals surface area contributed by atoms with Crippen LogP contribution in [-0.2, 0) is 19.8 Å². The maximum absolute atomic E-state index is 14.3. The highest BCUT2D eigenvalue weighted by atomic mass is 19.4. The third-order valence-corrected chi connectivity index (χ3v) is 6.91. The number of alkyl halides is 3. The lowest BCUT2D eigenvalue weighted by molar-refractivity contribution is -0.136. The van der Waals surface area contributed by atoms with Gasteiger partial charge in [-0.3, -0.25) is 4.79 Å². The molecule has 3 heterocycles. The van der Waals surface area contributed by atoms with Gasteiger partial charge in [0.15, 0.2) is 5.82 Å². The largest absolute Gasteiger partial charge is 0.465 e. The fraction of sp³-hybridized carbons (Fsp3) is 0.346. The monoisotopic (exact) mass is 513 g/mol. The van der Waals surface area contributed by atoms with Crippen LogP contribution in [0.3, 0.4) is 0 Å². The third-order valence-electron chi connectivity index (χ3n) is 6.91. The van der Waals surface area contributed by atoms with E-state index in [-0.39, 0.29) is 23.1 Å². The third kappa shape index (κ3) is 4.38. The summed E-state index contributed by atoms with van der Waals surface area (Å²) in [5.41, 5.74) is 0.537. The molecule has 0 bridgehead atoms. The summed E-state index contributed by atoms with van der Waals surface area (Å²) in [7, 11) is 1.55. The molecule has 1 saturated heterocycles. The molecule has 194 valence electrons. The molecule has 4 aromatic rings. The number of carbonyl (C=O) groups excluding carboxylic acids is 1. The highest BCUT2D eigenvalue weighted by Crippen LogP contribution is 2.38. The molecule has 2 N–H and O–H groups in total. The van der Waals surface area contributed by atoms with Crippen LogP contribution in [0.1, 0.15) is 35.7 Å². The van der Waals surface area contributed by atoms with Crippen LogP contribution in [-0.4, -0.2) is 55.3 Å². The van der Waals surface area contributed by atoms with Crippen LogP contribution in [0.4, 0.5) is 18.0 Å². The molecule has 37 heavy (non-hydrogen) atoms. The SMILES string of the molecule is CCn1c(-c2nc3cc(C(=O)N4CCCC(NC(=O)O)C4)cc(C(F)(F)F)c3n2C)cc2ccccc21. The smallest absolute Gasteiger partial charge is 0.418 e. The Morgan fingerprint density at radius 2 is 1.95 bits per heavy atom. The lowest BCUT2D eigenvalue weighted by Crippen LogP contribution is -2.49. The minimum atomic E-state index is -4.72.